The molecule has 0 radical (unpaired) electrons. The van der Waals surface area contributed by atoms with Gasteiger partial charge in [0.2, 0.25) is 0 Å². The Morgan fingerprint density at radius 3 is 1.96 bits per heavy atom. The molecular formula is C22H32ClNO. The minimum absolute atomic E-state index is 0. The highest BCUT2D eigenvalue weighted by Crippen LogP contribution is 2.27. The van der Waals surface area contributed by atoms with E-state index in [1.165, 1.54) is 11.1 Å². The molecule has 0 aromatic heterocycles. The maximum Gasteiger partial charge on any atom is 0.119 e. The lowest BCUT2D eigenvalue weighted by Crippen LogP contribution is -3.11. The molecule has 0 saturated carbocycles. The average molecular weight is 362 g/mol. The zero-order valence-electron chi connectivity index (χ0n) is 16.0. The van der Waals surface area contributed by atoms with Crippen molar-refractivity contribution in [2.45, 2.75) is 46.1 Å². The van der Waals surface area contributed by atoms with Crippen molar-refractivity contribution in [2.75, 3.05) is 19.7 Å². The van der Waals surface area contributed by atoms with Crippen LogP contribution in [-0.2, 0) is 0 Å². The molecule has 2 unspecified atom stereocenters. The van der Waals surface area contributed by atoms with Crippen molar-refractivity contribution in [1.82, 2.24) is 0 Å². The van der Waals surface area contributed by atoms with Crippen LogP contribution in [0.3, 0.4) is 0 Å². The van der Waals surface area contributed by atoms with Gasteiger partial charge in [-0.1, -0.05) is 37.3 Å². The molecule has 0 aliphatic rings. The van der Waals surface area contributed by atoms with E-state index in [2.05, 4.69) is 75.4 Å². The number of hydrogen-bond acceptors (Lipinski definition) is 1. The monoisotopic (exact) mass is 361 g/mol. The van der Waals surface area contributed by atoms with Crippen molar-refractivity contribution in [1.29, 1.82) is 0 Å². The summed E-state index contributed by atoms with van der Waals surface area (Å²) >= 11 is 0. The van der Waals surface area contributed by atoms with E-state index in [1.54, 1.807) is 4.90 Å². The van der Waals surface area contributed by atoms with Crippen LogP contribution in [0.15, 0.2) is 54.6 Å². The number of benzene rings is 2. The Bertz CT molecular complexity index is 581. The standard InChI is InChI=1S/C22H31NO.ClH/c1-5-23(6-2)22(17-18(4)19-11-9-8-10-12-19)20-13-15-21(16-14-20)24-7-3;/h8-16,18,22H,5-7,17H2,1-4H3;1H. The molecule has 2 atom stereocenters. The van der Waals surface area contributed by atoms with Gasteiger partial charge in [0.15, 0.2) is 0 Å². The molecule has 0 amide bonds. The average Bonchev–Trinajstić information content (AvgIpc) is 2.63. The summed E-state index contributed by atoms with van der Waals surface area (Å²) in [6.07, 6.45) is 1.16. The normalized spacial score (nSPS) is 13.2. The Hall–Kier alpha value is -1.51. The SMILES string of the molecule is CCOc1ccc(C(CC(C)c2ccccc2)[NH+](CC)CC)cc1.[Cl-]. The van der Waals surface area contributed by atoms with Crippen LogP contribution in [0.5, 0.6) is 5.75 Å². The Labute approximate surface area is 159 Å². The predicted octanol–water partition coefficient (Wildman–Crippen LogP) is 1.25. The van der Waals surface area contributed by atoms with Crippen molar-refractivity contribution in [2.24, 2.45) is 0 Å². The first-order chi connectivity index (χ1) is 11.7. The van der Waals surface area contributed by atoms with E-state index in [-0.39, 0.29) is 12.4 Å². The maximum atomic E-state index is 5.60. The third kappa shape index (κ3) is 6.05. The summed E-state index contributed by atoms with van der Waals surface area (Å²) in [6.45, 7) is 12.0. The van der Waals surface area contributed by atoms with E-state index in [0.29, 0.717) is 12.0 Å². The lowest BCUT2D eigenvalue weighted by Gasteiger charge is -2.29. The van der Waals surface area contributed by atoms with Crippen molar-refractivity contribution >= 4 is 0 Å². The lowest BCUT2D eigenvalue weighted by atomic mass is 9.89. The molecule has 0 spiro atoms. The molecule has 2 aromatic rings. The number of ether oxygens (including phenoxy) is 1. The maximum absolute atomic E-state index is 5.60. The highest BCUT2D eigenvalue weighted by atomic mass is 35.5. The summed E-state index contributed by atoms with van der Waals surface area (Å²) in [4.78, 5) is 1.64. The third-order valence-corrected chi connectivity index (χ3v) is 4.95. The Balaban J connectivity index is 0.00000312. The number of nitrogens with one attached hydrogen (secondary N) is 1. The van der Waals surface area contributed by atoms with E-state index in [0.717, 1.165) is 31.9 Å². The summed E-state index contributed by atoms with van der Waals surface area (Å²) in [5.74, 6) is 1.52. The van der Waals surface area contributed by atoms with Gasteiger partial charge in [0.25, 0.3) is 0 Å². The van der Waals surface area contributed by atoms with Crippen molar-refractivity contribution in [3.63, 3.8) is 0 Å². The van der Waals surface area contributed by atoms with Crippen molar-refractivity contribution in [3.8, 4) is 5.75 Å². The molecule has 138 valence electrons. The van der Waals surface area contributed by atoms with Crippen LogP contribution in [0.2, 0.25) is 0 Å². The number of halogens is 1. The van der Waals surface area contributed by atoms with Gasteiger partial charge < -0.3 is 22.0 Å². The summed E-state index contributed by atoms with van der Waals surface area (Å²) in [5.41, 5.74) is 2.85. The van der Waals surface area contributed by atoms with Gasteiger partial charge >= 0.3 is 0 Å². The van der Waals surface area contributed by atoms with Gasteiger partial charge in [-0.3, -0.25) is 0 Å². The van der Waals surface area contributed by atoms with Crippen LogP contribution in [0.1, 0.15) is 57.2 Å². The van der Waals surface area contributed by atoms with E-state index >= 15 is 0 Å². The van der Waals surface area contributed by atoms with Gasteiger partial charge in [0.1, 0.15) is 11.8 Å². The molecule has 0 heterocycles. The number of quaternary nitrogens is 1. The summed E-state index contributed by atoms with van der Waals surface area (Å²) in [7, 11) is 0. The van der Waals surface area contributed by atoms with Crippen LogP contribution in [0.25, 0.3) is 0 Å². The second kappa shape index (κ2) is 11.2. The summed E-state index contributed by atoms with van der Waals surface area (Å²) < 4.78 is 5.60. The van der Waals surface area contributed by atoms with Crippen LogP contribution >= 0.6 is 0 Å². The molecule has 0 bridgehead atoms. The molecular weight excluding hydrogens is 330 g/mol. The molecule has 0 aliphatic carbocycles. The zero-order valence-corrected chi connectivity index (χ0v) is 16.7. The predicted molar refractivity (Wildman–Crippen MR) is 102 cm³/mol. The Morgan fingerprint density at radius 1 is 0.840 bits per heavy atom. The first kappa shape index (κ1) is 21.5. The van der Waals surface area contributed by atoms with E-state index in [9.17, 15) is 0 Å². The van der Waals surface area contributed by atoms with Crippen LogP contribution in [0, 0.1) is 0 Å². The fraction of sp³-hybridized carbons (Fsp3) is 0.455. The van der Waals surface area contributed by atoms with Crippen molar-refractivity contribution < 1.29 is 22.0 Å². The Kier molecular flexibility index (Phi) is 9.62. The Morgan fingerprint density at radius 2 is 1.44 bits per heavy atom. The number of rotatable bonds is 9. The fourth-order valence-corrected chi connectivity index (χ4v) is 3.52. The highest BCUT2D eigenvalue weighted by Gasteiger charge is 2.24. The topological polar surface area (TPSA) is 13.7 Å². The first-order valence-corrected chi connectivity index (χ1v) is 9.31. The minimum atomic E-state index is 0. The molecule has 25 heavy (non-hydrogen) atoms. The van der Waals surface area contributed by atoms with Crippen LogP contribution in [0.4, 0.5) is 0 Å². The summed E-state index contributed by atoms with van der Waals surface area (Å²) in [5, 5.41) is 0. The largest absolute Gasteiger partial charge is 1.00 e. The molecule has 2 nitrogen and oxygen atoms in total. The molecule has 0 fully saturated rings. The quantitative estimate of drug-likeness (QED) is 0.709. The van der Waals surface area contributed by atoms with Gasteiger partial charge in [0.05, 0.1) is 19.7 Å². The minimum Gasteiger partial charge on any atom is -1.00 e. The molecule has 0 saturated heterocycles. The number of hydrogen-bond donors (Lipinski definition) is 1. The van der Waals surface area contributed by atoms with E-state index < -0.39 is 0 Å². The molecule has 2 aromatic carbocycles. The van der Waals surface area contributed by atoms with Gasteiger partial charge in [-0.25, -0.2) is 0 Å². The highest BCUT2D eigenvalue weighted by molar-refractivity contribution is 5.29. The molecule has 0 aliphatic heterocycles. The third-order valence-electron chi connectivity index (χ3n) is 4.95. The van der Waals surface area contributed by atoms with Crippen LogP contribution in [-0.4, -0.2) is 19.7 Å². The van der Waals surface area contributed by atoms with Crippen LogP contribution < -0.4 is 22.0 Å². The smallest absolute Gasteiger partial charge is 0.119 e. The van der Waals surface area contributed by atoms with E-state index in [1.807, 2.05) is 6.92 Å². The molecule has 1 N–H and O–H groups in total. The van der Waals surface area contributed by atoms with Gasteiger partial charge in [0, 0.05) is 12.0 Å². The van der Waals surface area contributed by atoms with Gasteiger partial charge in [-0.05, 0) is 56.5 Å². The zero-order chi connectivity index (χ0) is 17.4. The lowest BCUT2D eigenvalue weighted by molar-refractivity contribution is -0.929. The molecule has 3 heteroatoms. The fourth-order valence-electron chi connectivity index (χ4n) is 3.52. The second-order valence-electron chi connectivity index (χ2n) is 6.47. The van der Waals surface area contributed by atoms with Gasteiger partial charge in [-0.15, -0.1) is 0 Å². The first-order valence-electron chi connectivity index (χ1n) is 9.31. The second-order valence-corrected chi connectivity index (χ2v) is 6.47. The van der Waals surface area contributed by atoms with Crippen molar-refractivity contribution in [3.05, 3.63) is 65.7 Å². The van der Waals surface area contributed by atoms with Gasteiger partial charge in [-0.2, -0.15) is 0 Å². The molecule has 2 rings (SSSR count). The van der Waals surface area contributed by atoms with E-state index in [4.69, 9.17) is 4.74 Å². The summed E-state index contributed by atoms with van der Waals surface area (Å²) in [6, 6.07) is 20.1.